The third kappa shape index (κ3) is 6.63. The van der Waals surface area contributed by atoms with E-state index in [0.29, 0.717) is 12.5 Å². The molecule has 1 amide bonds. The number of ether oxygens (including phenoxy) is 1. The summed E-state index contributed by atoms with van der Waals surface area (Å²) >= 11 is 0. The van der Waals surface area contributed by atoms with Crippen LogP contribution in [-0.4, -0.2) is 32.1 Å². The van der Waals surface area contributed by atoms with E-state index in [4.69, 9.17) is 4.74 Å². The molecule has 0 saturated carbocycles. The summed E-state index contributed by atoms with van der Waals surface area (Å²) in [6.45, 7) is 10.9. The van der Waals surface area contributed by atoms with E-state index in [-0.39, 0.29) is 12.5 Å². The van der Waals surface area contributed by atoms with E-state index >= 15 is 0 Å². The van der Waals surface area contributed by atoms with Crippen LogP contribution in [0.1, 0.15) is 44.2 Å². The monoisotopic (exact) mass is 292 g/mol. The normalized spacial score (nSPS) is 10.7. The van der Waals surface area contributed by atoms with Gasteiger partial charge in [-0.1, -0.05) is 32.9 Å². The molecule has 2 N–H and O–H groups in total. The van der Waals surface area contributed by atoms with Crippen molar-refractivity contribution >= 4 is 5.91 Å². The number of nitrogens with one attached hydrogen (secondary N) is 2. The van der Waals surface area contributed by atoms with Gasteiger partial charge in [-0.3, -0.25) is 4.79 Å². The molecule has 0 heterocycles. The Morgan fingerprint density at radius 1 is 1.24 bits per heavy atom. The second-order valence-electron chi connectivity index (χ2n) is 5.58. The standard InChI is InChI=1S/C17H28N2O2/c1-5-8-18-9-10-19-17(20)12-21-16-11-14(4)6-7-15(16)13(2)3/h6-7,11,13,18H,5,8-10,12H2,1-4H3,(H,19,20). The van der Waals surface area contributed by atoms with E-state index < -0.39 is 0 Å². The first-order valence-corrected chi connectivity index (χ1v) is 7.75. The topological polar surface area (TPSA) is 50.4 Å². The van der Waals surface area contributed by atoms with Gasteiger partial charge >= 0.3 is 0 Å². The molecule has 1 rings (SSSR count). The zero-order chi connectivity index (χ0) is 15.7. The lowest BCUT2D eigenvalue weighted by Gasteiger charge is -2.14. The molecule has 1 aromatic carbocycles. The van der Waals surface area contributed by atoms with Gasteiger partial charge in [0.25, 0.3) is 5.91 Å². The van der Waals surface area contributed by atoms with Gasteiger partial charge in [-0.25, -0.2) is 0 Å². The molecular formula is C17H28N2O2. The van der Waals surface area contributed by atoms with Crippen molar-refractivity contribution in [2.45, 2.75) is 40.0 Å². The Morgan fingerprint density at radius 2 is 2.00 bits per heavy atom. The fourth-order valence-electron chi connectivity index (χ4n) is 2.03. The predicted molar refractivity (Wildman–Crippen MR) is 86.9 cm³/mol. The van der Waals surface area contributed by atoms with Gasteiger partial charge in [0.15, 0.2) is 6.61 Å². The SMILES string of the molecule is CCCNCCNC(=O)COc1cc(C)ccc1C(C)C. The van der Waals surface area contributed by atoms with E-state index in [1.807, 2.05) is 13.0 Å². The third-order valence-electron chi connectivity index (χ3n) is 3.20. The molecule has 0 saturated heterocycles. The van der Waals surface area contributed by atoms with Gasteiger partial charge in [0, 0.05) is 13.1 Å². The van der Waals surface area contributed by atoms with Gasteiger partial charge in [-0.05, 0) is 43.0 Å². The van der Waals surface area contributed by atoms with Crippen LogP contribution >= 0.6 is 0 Å². The van der Waals surface area contributed by atoms with Gasteiger partial charge in [-0.2, -0.15) is 0 Å². The Hall–Kier alpha value is -1.55. The number of amides is 1. The molecule has 0 aromatic heterocycles. The molecule has 4 nitrogen and oxygen atoms in total. The van der Waals surface area contributed by atoms with Crippen LogP contribution < -0.4 is 15.4 Å². The second kappa shape index (κ2) is 9.40. The van der Waals surface area contributed by atoms with Crippen molar-refractivity contribution in [3.63, 3.8) is 0 Å². The smallest absolute Gasteiger partial charge is 0.257 e. The van der Waals surface area contributed by atoms with E-state index in [1.54, 1.807) is 0 Å². The summed E-state index contributed by atoms with van der Waals surface area (Å²) in [4.78, 5) is 11.8. The quantitative estimate of drug-likeness (QED) is 0.688. The van der Waals surface area contributed by atoms with E-state index in [0.717, 1.165) is 36.4 Å². The van der Waals surface area contributed by atoms with Crippen LogP contribution in [0.3, 0.4) is 0 Å². The lowest BCUT2D eigenvalue weighted by Crippen LogP contribution is -2.35. The van der Waals surface area contributed by atoms with Crippen LogP contribution in [0.4, 0.5) is 0 Å². The number of carbonyl (C=O) groups excluding carboxylic acids is 1. The summed E-state index contributed by atoms with van der Waals surface area (Å²) < 4.78 is 5.69. The van der Waals surface area contributed by atoms with Crippen molar-refractivity contribution in [3.8, 4) is 5.75 Å². The lowest BCUT2D eigenvalue weighted by atomic mass is 10.0. The first kappa shape index (κ1) is 17.5. The van der Waals surface area contributed by atoms with E-state index in [2.05, 4.69) is 43.5 Å². The summed E-state index contributed by atoms with van der Waals surface area (Å²) in [6, 6.07) is 6.13. The highest BCUT2D eigenvalue weighted by molar-refractivity contribution is 5.77. The minimum atomic E-state index is -0.0792. The van der Waals surface area contributed by atoms with Crippen LogP contribution in [0.5, 0.6) is 5.75 Å². The molecule has 0 unspecified atom stereocenters. The van der Waals surface area contributed by atoms with Crippen molar-refractivity contribution in [2.75, 3.05) is 26.2 Å². The number of rotatable bonds is 9. The van der Waals surface area contributed by atoms with Gasteiger partial charge in [0.1, 0.15) is 5.75 Å². The molecule has 1 aromatic rings. The van der Waals surface area contributed by atoms with Gasteiger partial charge in [0.2, 0.25) is 0 Å². The molecule has 4 heteroatoms. The highest BCUT2D eigenvalue weighted by Crippen LogP contribution is 2.27. The average molecular weight is 292 g/mol. The lowest BCUT2D eigenvalue weighted by molar-refractivity contribution is -0.123. The minimum absolute atomic E-state index is 0.0664. The van der Waals surface area contributed by atoms with Crippen molar-refractivity contribution < 1.29 is 9.53 Å². The van der Waals surface area contributed by atoms with Crippen LogP contribution in [-0.2, 0) is 4.79 Å². The van der Waals surface area contributed by atoms with Gasteiger partial charge < -0.3 is 15.4 Å². The highest BCUT2D eigenvalue weighted by atomic mass is 16.5. The second-order valence-corrected chi connectivity index (χ2v) is 5.58. The summed E-state index contributed by atoms with van der Waals surface area (Å²) in [5.74, 6) is 1.11. The molecule has 0 radical (unpaired) electrons. The molecule has 0 bridgehead atoms. The fraction of sp³-hybridized carbons (Fsp3) is 0.588. The molecule has 0 spiro atoms. The molecular weight excluding hydrogens is 264 g/mol. The summed E-state index contributed by atoms with van der Waals surface area (Å²) in [5.41, 5.74) is 2.27. The molecule has 0 fully saturated rings. The molecule has 118 valence electrons. The summed E-state index contributed by atoms with van der Waals surface area (Å²) in [5, 5.41) is 6.09. The molecule has 21 heavy (non-hydrogen) atoms. The summed E-state index contributed by atoms with van der Waals surface area (Å²) in [6.07, 6.45) is 1.10. The molecule has 0 aliphatic carbocycles. The Labute approximate surface area is 128 Å². The molecule has 0 aliphatic heterocycles. The van der Waals surface area contributed by atoms with E-state index in [1.165, 1.54) is 0 Å². The maximum atomic E-state index is 11.8. The maximum absolute atomic E-state index is 11.8. The number of benzene rings is 1. The number of carbonyl (C=O) groups is 1. The minimum Gasteiger partial charge on any atom is -0.483 e. The van der Waals surface area contributed by atoms with Gasteiger partial charge in [-0.15, -0.1) is 0 Å². The number of hydrogen-bond donors (Lipinski definition) is 2. The Morgan fingerprint density at radius 3 is 2.67 bits per heavy atom. The highest BCUT2D eigenvalue weighted by Gasteiger charge is 2.10. The van der Waals surface area contributed by atoms with Crippen molar-refractivity contribution in [3.05, 3.63) is 29.3 Å². The van der Waals surface area contributed by atoms with Crippen molar-refractivity contribution in [1.29, 1.82) is 0 Å². The van der Waals surface area contributed by atoms with Crippen LogP contribution in [0, 0.1) is 6.92 Å². The van der Waals surface area contributed by atoms with Crippen molar-refractivity contribution in [1.82, 2.24) is 10.6 Å². The Bertz CT molecular complexity index is 444. The largest absolute Gasteiger partial charge is 0.483 e. The third-order valence-corrected chi connectivity index (χ3v) is 3.20. The first-order chi connectivity index (χ1) is 10.0. The van der Waals surface area contributed by atoms with E-state index in [9.17, 15) is 4.79 Å². The van der Waals surface area contributed by atoms with Crippen LogP contribution in [0.15, 0.2) is 18.2 Å². The average Bonchev–Trinajstić information content (AvgIpc) is 2.44. The van der Waals surface area contributed by atoms with Gasteiger partial charge in [0.05, 0.1) is 0 Å². The number of hydrogen-bond acceptors (Lipinski definition) is 3. The van der Waals surface area contributed by atoms with Crippen molar-refractivity contribution in [2.24, 2.45) is 0 Å². The zero-order valence-electron chi connectivity index (χ0n) is 13.7. The zero-order valence-corrected chi connectivity index (χ0v) is 13.7. The first-order valence-electron chi connectivity index (χ1n) is 7.75. The van der Waals surface area contributed by atoms with Crippen LogP contribution in [0.25, 0.3) is 0 Å². The molecule has 0 atom stereocenters. The fourth-order valence-corrected chi connectivity index (χ4v) is 2.03. The summed E-state index contributed by atoms with van der Waals surface area (Å²) in [7, 11) is 0. The predicted octanol–water partition coefficient (Wildman–Crippen LogP) is 2.61. The Balaban J connectivity index is 2.40. The number of aryl methyl sites for hydroxylation is 1. The Kier molecular flexibility index (Phi) is 7.83. The maximum Gasteiger partial charge on any atom is 0.257 e. The van der Waals surface area contributed by atoms with Crippen LogP contribution in [0.2, 0.25) is 0 Å². The molecule has 0 aliphatic rings.